The fraction of sp³-hybridized carbons (Fsp3) is 0.556. The van der Waals surface area contributed by atoms with Gasteiger partial charge in [0.05, 0.1) is 12.0 Å². The molecule has 0 spiro atoms. The van der Waals surface area contributed by atoms with Crippen molar-refractivity contribution in [3.8, 4) is 0 Å². The molecule has 1 N–H and O–H groups in total. The van der Waals surface area contributed by atoms with E-state index in [0.29, 0.717) is 19.4 Å². The number of nitrogens with zero attached hydrogens (tertiary/aromatic N) is 1. The zero-order valence-corrected chi connectivity index (χ0v) is 13.8. The number of benzene rings is 1. The summed E-state index contributed by atoms with van der Waals surface area (Å²) in [4.78, 5) is 26.5. The lowest BCUT2D eigenvalue weighted by atomic mass is 9.79. The van der Waals surface area contributed by atoms with E-state index in [4.69, 9.17) is 4.74 Å². The summed E-state index contributed by atoms with van der Waals surface area (Å²) in [6.45, 7) is 0.814. The SMILES string of the molecule is COCC1(C(=O)O)CCCN(C(=O)C2(c3ccc(F)cc3)CC2)C1. The summed E-state index contributed by atoms with van der Waals surface area (Å²) in [7, 11) is 1.48. The molecule has 1 heterocycles. The van der Waals surface area contributed by atoms with Gasteiger partial charge in [-0.3, -0.25) is 9.59 Å². The van der Waals surface area contributed by atoms with E-state index in [2.05, 4.69) is 0 Å². The molecule has 1 unspecified atom stereocenters. The van der Waals surface area contributed by atoms with Gasteiger partial charge in [0.15, 0.2) is 0 Å². The molecular formula is C18H22FNO4. The van der Waals surface area contributed by atoms with Crippen LogP contribution in [0.3, 0.4) is 0 Å². The van der Waals surface area contributed by atoms with Crippen molar-refractivity contribution in [1.82, 2.24) is 4.90 Å². The minimum atomic E-state index is -1.04. The van der Waals surface area contributed by atoms with Crippen molar-refractivity contribution in [1.29, 1.82) is 0 Å². The first-order valence-corrected chi connectivity index (χ1v) is 8.21. The Labute approximate surface area is 140 Å². The summed E-state index contributed by atoms with van der Waals surface area (Å²) in [5.41, 5.74) is -0.837. The normalized spacial score (nSPS) is 25.3. The van der Waals surface area contributed by atoms with E-state index < -0.39 is 16.8 Å². The number of hydrogen-bond donors (Lipinski definition) is 1. The predicted octanol–water partition coefficient (Wildman–Crippen LogP) is 2.20. The summed E-state index contributed by atoms with van der Waals surface area (Å²) < 4.78 is 18.3. The third-order valence-electron chi connectivity index (χ3n) is 5.29. The molecule has 0 radical (unpaired) electrons. The molecular weight excluding hydrogens is 313 g/mol. The third-order valence-corrected chi connectivity index (χ3v) is 5.29. The molecule has 1 amide bonds. The number of aliphatic carboxylic acids is 1. The fourth-order valence-electron chi connectivity index (χ4n) is 3.76. The second kappa shape index (κ2) is 6.16. The van der Waals surface area contributed by atoms with Crippen molar-refractivity contribution < 1.29 is 23.8 Å². The summed E-state index contributed by atoms with van der Waals surface area (Å²) >= 11 is 0. The average Bonchev–Trinajstić information content (AvgIpc) is 3.37. The highest BCUT2D eigenvalue weighted by Crippen LogP contribution is 2.50. The van der Waals surface area contributed by atoms with Crippen LogP contribution in [0.1, 0.15) is 31.2 Å². The lowest BCUT2D eigenvalue weighted by molar-refractivity contribution is -0.159. The Balaban J connectivity index is 1.82. The maximum Gasteiger partial charge on any atom is 0.313 e. The molecule has 1 aliphatic carbocycles. The number of carbonyl (C=O) groups excluding carboxylic acids is 1. The number of carbonyl (C=O) groups is 2. The molecule has 1 saturated carbocycles. The minimum Gasteiger partial charge on any atom is -0.481 e. The van der Waals surface area contributed by atoms with E-state index in [1.54, 1.807) is 17.0 Å². The van der Waals surface area contributed by atoms with Gasteiger partial charge in [-0.25, -0.2) is 4.39 Å². The number of methoxy groups -OCH3 is 1. The van der Waals surface area contributed by atoms with E-state index in [9.17, 15) is 19.1 Å². The molecule has 24 heavy (non-hydrogen) atoms. The highest BCUT2D eigenvalue weighted by atomic mass is 19.1. The van der Waals surface area contributed by atoms with Crippen LogP contribution in [0.2, 0.25) is 0 Å². The van der Waals surface area contributed by atoms with Crippen LogP contribution >= 0.6 is 0 Å². The number of piperidine rings is 1. The van der Waals surface area contributed by atoms with Crippen molar-refractivity contribution >= 4 is 11.9 Å². The quantitative estimate of drug-likeness (QED) is 0.896. The number of likely N-dealkylation sites (tertiary alicyclic amines) is 1. The zero-order valence-electron chi connectivity index (χ0n) is 13.8. The monoisotopic (exact) mass is 335 g/mol. The zero-order chi connectivity index (χ0) is 17.4. The molecule has 0 bridgehead atoms. The van der Waals surface area contributed by atoms with Crippen LogP contribution in [0.25, 0.3) is 0 Å². The Morgan fingerprint density at radius 2 is 1.92 bits per heavy atom. The van der Waals surface area contributed by atoms with Gasteiger partial charge < -0.3 is 14.7 Å². The van der Waals surface area contributed by atoms with Gasteiger partial charge in [-0.05, 0) is 43.4 Å². The number of ether oxygens (including phenoxy) is 1. The molecule has 2 aliphatic rings. The van der Waals surface area contributed by atoms with Crippen LogP contribution in [0.5, 0.6) is 0 Å². The van der Waals surface area contributed by atoms with Gasteiger partial charge in [0.2, 0.25) is 5.91 Å². The minimum absolute atomic E-state index is 0.0458. The van der Waals surface area contributed by atoms with Gasteiger partial charge in [-0.15, -0.1) is 0 Å². The van der Waals surface area contributed by atoms with Crippen molar-refractivity contribution in [2.45, 2.75) is 31.1 Å². The molecule has 1 aliphatic heterocycles. The summed E-state index contributed by atoms with van der Waals surface area (Å²) in [6.07, 6.45) is 2.58. The molecule has 1 saturated heterocycles. The first kappa shape index (κ1) is 16.9. The van der Waals surface area contributed by atoms with Crippen molar-refractivity contribution in [2.75, 3.05) is 26.8 Å². The van der Waals surface area contributed by atoms with Crippen molar-refractivity contribution in [3.63, 3.8) is 0 Å². The third kappa shape index (κ3) is 2.79. The molecule has 1 atom stereocenters. The van der Waals surface area contributed by atoms with Gasteiger partial charge in [-0.1, -0.05) is 12.1 Å². The van der Waals surface area contributed by atoms with Crippen molar-refractivity contribution in [2.24, 2.45) is 5.41 Å². The predicted molar refractivity (Wildman–Crippen MR) is 85.1 cm³/mol. The first-order valence-electron chi connectivity index (χ1n) is 8.21. The largest absolute Gasteiger partial charge is 0.481 e. The number of amides is 1. The van der Waals surface area contributed by atoms with Gasteiger partial charge >= 0.3 is 5.97 Å². The van der Waals surface area contributed by atoms with Crippen LogP contribution in [-0.4, -0.2) is 48.7 Å². The second-order valence-electron chi connectivity index (χ2n) is 6.94. The number of carboxylic acids is 1. The lowest BCUT2D eigenvalue weighted by Gasteiger charge is -2.40. The summed E-state index contributed by atoms with van der Waals surface area (Å²) in [6, 6.07) is 6.05. The molecule has 1 aromatic rings. The molecule has 130 valence electrons. The van der Waals surface area contributed by atoms with E-state index >= 15 is 0 Å². The number of halogens is 1. The molecule has 3 rings (SSSR count). The molecule has 5 nitrogen and oxygen atoms in total. The van der Waals surface area contributed by atoms with Crippen LogP contribution in [0, 0.1) is 11.2 Å². The highest BCUT2D eigenvalue weighted by Gasteiger charge is 2.55. The topological polar surface area (TPSA) is 66.8 Å². The molecule has 1 aromatic carbocycles. The number of carboxylic acid groups (broad SMARTS) is 1. The van der Waals surface area contributed by atoms with Crippen LogP contribution in [0.15, 0.2) is 24.3 Å². The first-order chi connectivity index (χ1) is 11.4. The van der Waals surface area contributed by atoms with Crippen LogP contribution in [-0.2, 0) is 19.7 Å². The van der Waals surface area contributed by atoms with Crippen LogP contribution in [0.4, 0.5) is 4.39 Å². The van der Waals surface area contributed by atoms with Crippen LogP contribution < -0.4 is 0 Å². The summed E-state index contributed by atoms with van der Waals surface area (Å²) in [5, 5.41) is 9.63. The maximum atomic E-state index is 13.2. The fourth-order valence-corrected chi connectivity index (χ4v) is 3.76. The molecule has 6 heteroatoms. The summed E-state index contributed by atoms with van der Waals surface area (Å²) in [5.74, 6) is -1.30. The Kier molecular flexibility index (Phi) is 4.34. The van der Waals surface area contributed by atoms with E-state index in [-0.39, 0.29) is 24.9 Å². The van der Waals surface area contributed by atoms with Gasteiger partial charge in [-0.2, -0.15) is 0 Å². The second-order valence-corrected chi connectivity index (χ2v) is 6.94. The Morgan fingerprint density at radius 1 is 1.25 bits per heavy atom. The lowest BCUT2D eigenvalue weighted by Crippen LogP contribution is -2.54. The van der Waals surface area contributed by atoms with E-state index in [1.165, 1.54) is 19.2 Å². The Bertz CT molecular complexity index is 637. The number of hydrogen-bond acceptors (Lipinski definition) is 3. The standard InChI is InChI=1S/C18H22FNO4/c1-24-12-17(16(22)23)7-2-10-20(11-17)15(21)18(8-9-18)13-3-5-14(19)6-4-13/h3-6H,2,7-12H2,1H3,(H,22,23). The maximum absolute atomic E-state index is 13.2. The number of rotatable bonds is 5. The van der Waals surface area contributed by atoms with E-state index in [1.807, 2.05) is 0 Å². The highest BCUT2D eigenvalue weighted by molar-refractivity contribution is 5.92. The average molecular weight is 335 g/mol. The van der Waals surface area contributed by atoms with Crippen molar-refractivity contribution in [3.05, 3.63) is 35.6 Å². The Morgan fingerprint density at radius 3 is 2.46 bits per heavy atom. The van der Waals surface area contributed by atoms with Gasteiger partial charge in [0.1, 0.15) is 11.2 Å². The molecule has 2 fully saturated rings. The Hall–Kier alpha value is -1.95. The van der Waals surface area contributed by atoms with E-state index in [0.717, 1.165) is 18.4 Å². The van der Waals surface area contributed by atoms with Gasteiger partial charge in [0.25, 0.3) is 0 Å². The molecule has 0 aromatic heterocycles. The van der Waals surface area contributed by atoms with Gasteiger partial charge in [0, 0.05) is 20.2 Å². The smallest absolute Gasteiger partial charge is 0.313 e.